The zero-order chi connectivity index (χ0) is 14.6. The molecule has 0 aromatic heterocycles. The van der Waals surface area contributed by atoms with Crippen LogP contribution < -0.4 is 5.32 Å². The fourth-order valence-electron chi connectivity index (χ4n) is 2.50. The summed E-state index contributed by atoms with van der Waals surface area (Å²) < 4.78 is 5.29. The molecule has 1 aromatic rings. The Bertz CT molecular complexity index is 516. The standard InChI is InChI=1S/C16H18ClNO2/c1-3-11-18-16(12-5-6-12,15(19)20-4-2)13-7-9-14(17)10-8-13/h1,7-10,12,18H,4-6,11H2,2H3. The summed E-state index contributed by atoms with van der Waals surface area (Å²) in [6.45, 7) is 2.47. The average molecular weight is 292 g/mol. The average Bonchev–Trinajstić information content (AvgIpc) is 3.27. The number of carbonyl (C=O) groups excluding carboxylic acids is 1. The van der Waals surface area contributed by atoms with Gasteiger partial charge in [-0.3, -0.25) is 5.32 Å². The van der Waals surface area contributed by atoms with Crippen molar-refractivity contribution in [3.05, 3.63) is 34.9 Å². The Morgan fingerprint density at radius 1 is 1.50 bits per heavy atom. The Balaban J connectivity index is 2.42. The molecule has 2 rings (SSSR count). The van der Waals surface area contributed by atoms with Gasteiger partial charge in [0.1, 0.15) is 5.54 Å². The summed E-state index contributed by atoms with van der Waals surface area (Å²) in [4.78, 5) is 12.6. The lowest BCUT2D eigenvalue weighted by Crippen LogP contribution is -2.52. The van der Waals surface area contributed by atoms with Crippen LogP contribution in [0, 0.1) is 18.3 Å². The van der Waals surface area contributed by atoms with Crippen LogP contribution in [0.15, 0.2) is 24.3 Å². The maximum atomic E-state index is 12.6. The minimum absolute atomic E-state index is 0.219. The molecule has 1 fully saturated rings. The van der Waals surface area contributed by atoms with Gasteiger partial charge in [-0.05, 0) is 43.4 Å². The number of carbonyl (C=O) groups is 1. The van der Waals surface area contributed by atoms with Crippen molar-refractivity contribution in [2.45, 2.75) is 25.3 Å². The molecule has 1 aliphatic rings. The zero-order valence-corrected chi connectivity index (χ0v) is 12.2. The van der Waals surface area contributed by atoms with E-state index in [0.29, 0.717) is 18.2 Å². The van der Waals surface area contributed by atoms with Crippen LogP contribution in [0.1, 0.15) is 25.3 Å². The highest BCUT2D eigenvalue weighted by atomic mass is 35.5. The van der Waals surface area contributed by atoms with Crippen LogP contribution in [-0.4, -0.2) is 19.1 Å². The van der Waals surface area contributed by atoms with Crippen molar-refractivity contribution in [1.29, 1.82) is 0 Å². The first-order valence-electron chi connectivity index (χ1n) is 6.77. The third kappa shape index (κ3) is 2.82. The molecule has 0 heterocycles. The summed E-state index contributed by atoms with van der Waals surface area (Å²) in [6.07, 6.45) is 7.32. The Morgan fingerprint density at radius 3 is 2.65 bits per heavy atom. The van der Waals surface area contributed by atoms with Gasteiger partial charge in [0.25, 0.3) is 0 Å². The molecule has 0 bridgehead atoms. The van der Waals surface area contributed by atoms with E-state index in [-0.39, 0.29) is 11.9 Å². The quantitative estimate of drug-likeness (QED) is 0.647. The van der Waals surface area contributed by atoms with E-state index in [1.807, 2.05) is 12.1 Å². The van der Waals surface area contributed by atoms with E-state index in [0.717, 1.165) is 18.4 Å². The minimum Gasteiger partial charge on any atom is -0.464 e. The fourth-order valence-corrected chi connectivity index (χ4v) is 2.63. The van der Waals surface area contributed by atoms with Crippen molar-refractivity contribution in [3.8, 4) is 12.3 Å². The van der Waals surface area contributed by atoms with Gasteiger partial charge in [0.05, 0.1) is 13.2 Å². The van der Waals surface area contributed by atoms with Gasteiger partial charge >= 0.3 is 5.97 Å². The molecular weight excluding hydrogens is 274 g/mol. The number of terminal acetylenes is 1. The predicted octanol–water partition coefficient (Wildman–Crippen LogP) is 2.73. The van der Waals surface area contributed by atoms with E-state index in [9.17, 15) is 4.79 Å². The molecule has 0 aliphatic heterocycles. The van der Waals surface area contributed by atoms with Gasteiger partial charge < -0.3 is 4.74 Å². The first-order valence-corrected chi connectivity index (χ1v) is 7.14. The monoisotopic (exact) mass is 291 g/mol. The van der Waals surface area contributed by atoms with Crippen LogP contribution >= 0.6 is 11.6 Å². The maximum Gasteiger partial charge on any atom is 0.331 e. The summed E-state index contributed by atoms with van der Waals surface area (Å²) in [7, 11) is 0. The number of rotatable bonds is 6. The molecule has 1 unspecified atom stereocenters. The fraction of sp³-hybridized carbons (Fsp3) is 0.438. The molecule has 1 aliphatic carbocycles. The van der Waals surface area contributed by atoms with Crippen molar-refractivity contribution in [3.63, 3.8) is 0 Å². The molecule has 0 radical (unpaired) electrons. The summed E-state index contributed by atoms with van der Waals surface area (Å²) in [6, 6.07) is 7.29. The van der Waals surface area contributed by atoms with E-state index in [4.69, 9.17) is 22.8 Å². The molecule has 0 saturated heterocycles. The SMILES string of the molecule is C#CCNC(C(=O)OCC)(c1ccc(Cl)cc1)C1CC1. The molecule has 0 amide bonds. The topological polar surface area (TPSA) is 38.3 Å². The van der Waals surface area contributed by atoms with Crippen LogP contribution in [0.25, 0.3) is 0 Å². The van der Waals surface area contributed by atoms with E-state index in [2.05, 4.69) is 11.2 Å². The smallest absolute Gasteiger partial charge is 0.331 e. The number of nitrogens with one attached hydrogen (secondary N) is 1. The van der Waals surface area contributed by atoms with Crippen LogP contribution in [0.3, 0.4) is 0 Å². The maximum absolute atomic E-state index is 12.6. The highest BCUT2D eigenvalue weighted by Crippen LogP contribution is 2.46. The van der Waals surface area contributed by atoms with Gasteiger partial charge in [0.2, 0.25) is 0 Å². The van der Waals surface area contributed by atoms with Crippen LogP contribution in [0.5, 0.6) is 0 Å². The number of hydrogen-bond acceptors (Lipinski definition) is 3. The lowest BCUT2D eigenvalue weighted by molar-refractivity contribution is -0.152. The molecule has 4 heteroatoms. The second-order valence-electron chi connectivity index (χ2n) is 4.87. The second kappa shape index (κ2) is 6.30. The molecular formula is C16H18ClNO2. The lowest BCUT2D eigenvalue weighted by atomic mass is 9.84. The van der Waals surface area contributed by atoms with Gasteiger partial charge in [-0.1, -0.05) is 29.7 Å². The third-order valence-electron chi connectivity index (χ3n) is 3.56. The third-order valence-corrected chi connectivity index (χ3v) is 3.81. The van der Waals surface area contributed by atoms with E-state index in [1.165, 1.54) is 0 Å². The molecule has 1 atom stereocenters. The number of ether oxygens (including phenoxy) is 1. The Hall–Kier alpha value is -1.50. The molecule has 1 aromatic carbocycles. The van der Waals surface area contributed by atoms with Gasteiger partial charge in [0.15, 0.2) is 0 Å². The van der Waals surface area contributed by atoms with Crippen molar-refractivity contribution in [2.24, 2.45) is 5.92 Å². The molecule has 1 N–H and O–H groups in total. The van der Waals surface area contributed by atoms with Crippen LogP contribution in [0.4, 0.5) is 0 Å². The Kier molecular flexibility index (Phi) is 4.69. The highest BCUT2D eigenvalue weighted by Gasteiger charge is 2.53. The normalized spacial score (nSPS) is 17.1. The van der Waals surface area contributed by atoms with Crippen molar-refractivity contribution in [2.75, 3.05) is 13.2 Å². The van der Waals surface area contributed by atoms with Gasteiger partial charge in [0, 0.05) is 5.02 Å². The summed E-state index contributed by atoms with van der Waals surface area (Å²) in [5.74, 6) is 2.49. The minimum atomic E-state index is -0.854. The largest absolute Gasteiger partial charge is 0.464 e. The van der Waals surface area contributed by atoms with Crippen molar-refractivity contribution in [1.82, 2.24) is 5.32 Å². The van der Waals surface area contributed by atoms with Gasteiger partial charge in [-0.15, -0.1) is 6.42 Å². The molecule has 20 heavy (non-hydrogen) atoms. The zero-order valence-electron chi connectivity index (χ0n) is 11.5. The lowest BCUT2D eigenvalue weighted by Gasteiger charge is -2.32. The summed E-state index contributed by atoms with van der Waals surface area (Å²) >= 11 is 5.93. The highest BCUT2D eigenvalue weighted by molar-refractivity contribution is 6.30. The van der Waals surface area contributed by atoms with Crippen molar-refractivity contribution < 1.29 is 9.53 Å². The van der Waals surface area contributed by atoms with E-state index in [1.54, 1.807) is 19.1 Å². The first kappa shape index (κ1) is 14.9. The van der Waals surface area contributed by atoms with Gasteiger partial charge in [-0.2, -0.15) is 0 Å². The molecule has 1 saturated carbocycles. The van der Waals surface area contributed by atoms with E-state index < -0.39 is 5.54 Å². The first-order chi connectivity index (χ1) is 9.65. The molecule has 0 spiro atoms. The van der Waals surface area contributed by atoms with Gasteiger partial charge in [-0.25, -0.2) is 4.79 Å². The van der Waals surface area contributed by atoms with Crippen LogP contribution in [0.2, 0.25) is 5.02 Å². The number of esters is 1. The molecule has 106 valence electrons. The predicted molar refractivity (Wildman–Crippen MR) is 79.3 cm³/mol. The summed E-state index contributed by atoms with van der Waals surface area (Å²) in [5.41, 5.74) is 0.00515. The van der Waals surface area contributed by atoms with Crippen molar-refractivity contribution >= 4 is 17.6 Å². The van der Waals surface area contributed by atoms with Crippen LogP contribution in [-0.2, 0) is 15.1 Å². The number of halogens is 1. The molecule has 3 nitrogen and oxygen atoms in total. The number of benzene rings is 1. The Labute approximate surface area is 124 Å². The number of hydrogen-bond donors (Lipinski definition) is 1. The second-order valence-corrected chi connectivity index (χ2v) is 5.30. The summed E-state index contributed by atoms with van der Waals surface area (Å²) in [5, 5.41) is 3.85. The van der Waals surface area contributed by atoms with E-state index >= 15 is 0 Å². The Morgan fingerprint density at radius 2 is 2.15 bits per heavy atom.